The summed E-state index contributed by atoms with van der Waals surface area (Å²) in [6.07, 6.45) is 1.41. The summed E-state index contributed by atoms with van der Waals surface area (Å²) in [4.78, 5) is 31.5. The van der Waals surface area contributed by atoms with Crippen molar-refractivity contribution in [3.8, 4) is 11.3 Å². The SMILES string of the molecule is O=C1c2cnc3n[nH]c(-c4ccccc4)c3c2C(=O)N1c1ccc(Cl)cc1. The van der Waals surface area contributed by atoms with Crippen LogP contribution in [0.3, 0.4) is 0 Å². The second-order valence-corrected chi connectivity index (χ2v) is 6.57. The summed E-state index contributed by atoms with van der Waals surface area (Å²) < 4.78 is 0. The van der Waals surface area contributed by atoms with Crippen molar-refractivity contribution in [2.45, 2.75) is 0 Å². The van der Waals surface area contributed by atoms with Crippen molar-refractivity contribution in [1.29, 1.82) is 0 Å². The van der Waals surface area contributed by atoms with Crippen LogP contribution in [0.2, 0.25) is 5.02 Å². The Morgan fingerprint density at radius 2 is 1.67 bits per heavy atom. The van der Waals surface area contributed by atoms with Gasteiger partial charge in [0.15, 0.2) is 5.65 Å². The number of rotatable bonds is 2. The number of aromatic nitrogens is 3. The van der Waals surface area contributed by atoms with Crippen LogP contribution in [0.5, 0.6) is 0 Å². The summed E-state index contributed by atoms with van der Waals surface area (Å²) in [7, 11) is 0. The fraction of sp³-hybridized carbons (Fsp3) is 0. The molecular formula is C20H11ClN4O2. The van der Waals surface area contributed by atoms with E-state index in [9.17, 15) is 9.59 Å². The molecule has 1 aliphatic heterocycles. The number of pyridine rings is 1. The zero-order valence-electron chi connectivity index (χ0n) is 13.8. The molecule has 2 aromatic heterocycles. The number of carbonyl (C=O) groups is 2. The Bertz CT molecular complexity index is 1220. The van der Waals surface area contributed by atoms with Crippen LogP contribution in [0.15, 0.2) is 60.8 Å². The monoisotopic (exact) mass is 374 g/mol. The molecule has 0 saturated carbocycles. The Kier molecular flexibility index (Phi) is 3.35. The van der Waals surface area contributed by atoms with Gasteiger partial charge in [-0.05, 0) is 24.3 Å². The molecule has 0 fully saturated rings. The Balaban J connectivity index is 1.74. The molecule has 0 bridgehead atoms. The van der Waals surface area contributed by atoms with Crippen molar-refractivity contribution >= 4 is 40.1 Å². The van der Waals surface area contributed by atoms with Crippen LogP contribution in [-0.4, -0.2) is 27.0 Å². The van der Waals surface area contributed by atoms with E-state index in [0.29, 0.717) is 33.0 Å². The Hall–Kier alpha value is -3.51. The number of nitrogens with zero attached hydrogens (tertiary/aromatic N) is 3. The van der Waals surface area contributed by atoms with Gasteiger partial charge in [-0.2, -0.15) is 5.10 Å². The van der Waals surface area contributed by atoms with Gasteiger partial charge in [-0.25, -0.2) is 9.88 Å². The molecule has 0 atom stereocenters. The largest absolute Gasteiger partial charge is 0.275 e. The maximum atomic E-state index is 13.2. The molecule has 5 rings (SSSR count). The van der Waals surface area contributed by atoms with E-state index in [1.165, 1.54) is 6.20 Å². The fourth-order valence-corrected chi connectivity index (χ4v) is 3.46. The molecule has 0 unspecified atom stereocenters. The standard InChI is InChI=1S/C20H11ClN4O2/c21-12-6-8-13(9-7-12)25-19(26)14-10-22-18-16(15(14)20(25)27)17(23-24-18)11-4-2-1-3-5-11/h1-10H,(H,22,23,24). The minimum atomic E-state index is -0.410. The molecule has 0 aliphatic carbocycles. The van der Waals surface area contributed by atoms with Crippen LogP contribution in [0, 0.1) is 0 Å². The lowest BCUT2D eigenvalue weighted by Crippen LogP contribution is -2.29. The quantitative estimate of drug-likeness (QED) is 0.536. The number of anilines is 1. The van der Waals surface area contributed by atoms with Crippen LogP contribution in [0.1, 0.15) is 20.7 Å². The first-order chi connectivity index (χ1) is 13.1. The van der Waals surface area contributed by atoms with Gasteiger partial charge in [0.25, 0.3) is 11.8 Å². The number of hydrogen-bond donors (Lipinski definition) is 1. The van der Waals surface area contributed by atoms with Gasteiger partial charge in [0.05, 0.1) is 27.9 Å². The van der Waals surface area contributed by atoms with Crippen molar-refractivity contribution in [2.24, 2.45) is 0 Å². The van der Waals surface area contributed by atoms with E-state index in [2.05, 4.69) is 15.2 Å². The maximum absolute atomic E-state index is 13.2. The molecule has 130 valence electrons. The lowest BCUT2D eigenvalue weighted by atomic mass is 10.0. The maximum Gasteiger partial charge on any atom is 0.267 e. The van der Waals surface area contributed by atoms with Crippen LogP contribution in [0.25, 0.3) is 22.3 Å². The van der Waals surface area contributed by atoms with E-state index in [-0.39, 0.29) is 5.56 Å². The van der Waals surface area contributed by atoms with Gasteiger partial charge in [0, 0.05) is 16.8 Å². The van der Waals surface area contributed by atoms with Crippen molar-refractivity contribution in [3.05, 3.63) is 76.9 Å². The minimum Gasteiger partial charge on any atom is -0.275 e. The number of nitrogens with one attached hydrogen (secondary N) is 1. The highest BCUT2D eigenvalue weighted by molar-refractivity contribution is 6.38. The summed E-state index contributed by atoms with van der Waals surface area (Å²) in [5.41, 5.74) is 2.96. The average molecular weight is 375 g/mol. The first kappa shape index (κ1) is 15.7. The first-order valence-electron chi connectivity index (χ1n) is 8.22. The van der Waals surface area contributed by atoms with Gasteiger partial charge < -0.3 is 0 Å². The minimum absolute atomic E-state index is 0.265. The van der Waals surface area contributed by atoms with Crippen LogP contribution < -0.4 is 4.90 Å². The molecule has 0 saturated heterocycles. The van der Waals surface area contributed by atoms with Crippen molar-refractivity contribution in [2.75, 3.05) is 4.90 Å². The van der Waals surface area contributed by atoms with E-state index in [0.717, 1.165) is 10.5 Å². The van der Waals surface area contributed by atoms with Crippen molar-refractivity contribution in [1.82, 2.24) is 15.2 Å². The van der Waals surface area contributed by atoms with Gasteiger partial charge in [0.1, 0.15) is 0 Å². The second kappa shape index (κ2) is 5.75. The molecule has 7 heteroatoms. The summed E-state index contributed by atoms with van der Waals surface area (Å²) in [6.45, 7) is 0. The Morgan fingerprint density at radius 3 is 2.41 bits per heavy atom. The third-order valence-electron chi connectivity index (χ3n) is 4.58. The van der Waals surface area contributed by atoms with Crippen molar-refractivity contribution < 1.29 is 9.59 Å². The number of benzene rings is 2. The van der Waals surface area contributed by atoms with Gasteiger partial charge in [-0.15, -0.1) is 0 Å². The van der Waals surface area contributed by atoms with Gasteiger partial charge in [0.2, 0.25) is 0 Å². The van der Waals surface area contributed by atoms with E-state index < -0.39 is 11.8 Å². The number of amides is 2. The van der Waals surface area contributed by atoms with E-state index in [1.807, 2.05) is 30.3 Å². The molecule has 3 heterocycles. The normalized spacial score (nSPS) is 13.4. The third-order valence-corrected chi connectivity index (χ3v) is 4.83. The molecule has 0 radical (unpaired) electrons. The highest BCUT2D eigenvalue weighted by Gasteiger charge is 2.39. The van der Waals surface area contributed by atoms with E-state index >= 15 is 0 Å². The third kappa shape index (κ3) is 2.27. The summed E-state index contributed by atoms with van der Waals surface area (Å²) in [6, 6.07) is 16.1. The predicted octanol–water partition coefficient (Wildman–Crippen LogP) is 4.08. The van der Waals surface area contributed by atoms with Gasteiger partial charge >= 0.3 is 0 Å². The molecule has 2 aromatic carbocycles. The topological polar surface area (TPSA) is 79.0 Å². The van der Waals surface area contributed by atoms with Gasteiger partial charge in [-0.3, -0.25) is 14.7 Å². The number of aromatic amines is 1. The number of H-pyrrole nitrogens is 1. The summed E-state index contributed by atoms with van der Waals surface area (Å²) >= 11 is 5.92. The second-order valence-electron chi connectivity index (χ2n) is 6.13. The van der Waals surface area contributed by atoms with Crippen LogP contribution in [-0.2, 0) is 0 Å². The Labute approximate surface area is 158 Å². The zero-order valence-corrected chi connectivity index (χ0v) is 14.6. The summed E-state index contributed by atoms with van der Waals surface area (Å²) in [5.74, 6) is -0.810. The fourth-order valence-electron chi connectivity index (χ4n) is 3.33. The summed E-state index contributed by atoms with van der Waals surface area (Å²) in [5, 5.41) is 8.23. The molecule has 6 nitrogen and oxygen atoms in total. The van der Waals surface area contributed by atoms with Gasteiger partial charge in [-0.1, -0.05) is 41.9 Å². The smallest absolute Gasteiger partial charge is 0.267 e. The lowest BCUT2D eigenvalue weighted by molar-refractivity contribution is 0.0926. The number of halogens is 1. The molecule has 1 aliphatic rings. The average Bonchev–Trinajstić information content (AvgIpc) is 3.23. The number of imide groups is 1. The van der Waals surface area contributed by atoms with Crippen LogP contribution in [0.4, 0.5) is 5.69 Å². The highest BCUT2D eigenvalue weighted by Crippen LogP contribution is 2.36. The lowest BCUT2D eigenvalue weighted by Gasteiger charge is -2.13. The van der Waals surface area contributed by atoms with Crippen molar-refractivity contribution in [3.63, 3.8) is 0 Å². The molecular weight excluding hydrogens is 364 g/mol. The van der Waals surface area contributed by atoms with E-state index in [1.54, 1.807) is 24.3 Å². The van der Waals surface area contributed by atoms with Crippen LogP contribution >= 0.6 is 11.6 Å². The first-order valence-corrected chi connectivity index (χ1v) is 8.60. The molecule has 27 heavy (non-hydrogen) atoms. The Morgan fingerprint density at radius 1 is 0.926 bits per heavy atom. The molecule has 2 amide bonds. The van der Waals surface area contributed by atoms with E-state index in [4.69, 9.17) is 11.6 Å². The number of hydrogen-bond acceptors (Lipinski definition) is 4. The number of fused-ring (bicyclic) bond motifs is 3. The zero-order chi connectivity index (χ0) is 18.5. The number of carbonyl (C=O) groups excluding carboxylic acids is 2. The predicted molar refractivity (Wildman–Crippen MR) is 102 cm³/mol. The molecule has 0 spiro atoms. The molecule has 1 N–H and O–H groups in total. The highest BCUT2D eigenvalue weighted by atomic mass is 35.5. The molecule has 4 aromatic rings.